The third-order valence-corrected chi connectivity index (χ3v) is 6.80. The van der Waals surface area contributed by atoms with E-state index in [0.717, 1.165) is 0 Å². The van der Waals surface area contributed by atoms with Crippen molar-refractivity contribution in [2.45, 2.75) is 50.4 Å². The molecule has 0 rings (SSSR count). The van der Waals surface area contributed by atoms with Crippen molar-refractivity contribution in [1.29, 1.82) is 0 Å². The van der Waals surface area contributed by atoms with Gasteiger partial charge in [-0.05, 0) is 0 Å². The van der Waals surface area contributed by atoms with Gasteiger partial charge in [-0.25, -0.2) is 0 Å². The van der Waals surface area contributed by atoms with E-state index in [-0.39, 0.29) is 20.9 Å². The number of hydrogen-bond acceptors (Lipinski definition) is 0. The topological polar surface area (TPSA) is 0 Å². The summed E-state index contributed by atoms with van der Waals surface area (Å²) in [7, 11) is 0. The normalized spacial score (nSPS) is 12.1. The minimum atomic E-state index is 0.219. The molecule has 0 aromatic heterocycles. The van der Waals surface area contributed by atoms with Crippen molar-refractivity contribution in [1.82, 2.24) is 0 Å². The van der Waals surface area contributed by atoms with Gasteiger partial charge in [0.05, 0.1) is 0 Å². The van der Waals surface area contributed by atoms with E-state index in [1.54, 1.807) is 1.63 Å². The molecule has 0 aliphatic heterocycles. The zero-order valence-corrected chi connectivity index (χ0v) is 12.6. The summed E-state index contributed by atoms with van der Waals surface area (Å²) in [5, 5.41) is 0. The van der Waals surface area contributed by atoms with Gasteiger partial charge in [0.25, 0.3) is 0 Å². The van der Waals surface area contributed by atoms with Gasteiger partial charge in [0.2, 0.25) is 0 Å². The Morgan fingerprint density at radius 2 is 1.92 bits per heavy atom. The third kappa shape index (κ3) is 9.35. The van der Waals surface area contributed by atoms with Gasteiger partial charge in [-0.1, -0.05) is 0 Å². The van der Waals surface area contributed by atoms with E-state index < -0.39 is 0 Å². The number of rotatable bonds is 7. The van der Waals surface area contributed by atoms with Crippen molar-refractivity contribution in [2.75, 3.05) is 0 Å². The van der Waals surface area contributed by atoms with Crippen LogP contribution in [-0.2, 0) is 0 Å². The summed E-state index contributed by atoms with van der Waals surface area (Å²) >= 11 is 2.76. The minimum absolute atomic E-state index is 0.219. The molecule has 72 valence electrons. The number of hydrogen-bond donors (Lipinski definition) is 0. The molecule has 0 aliphatic carbocycles. The molecule has 0 aliphatic rings. The van der Waals surface area contributed by atoms with Crippen LogP contribution >= 0.6 is 22.6 Å². The molecule has 0 heterocycles. The van der Waals surface area contributed by atoms with Crippen LogP contribution in [0.5, 0.6) is 0 Å². The molecule has 0 radical (unpaired) electrons. The Kier molecular flexibility index (Phi) is 11.4. The van der Waals surface area contributed by atoms with Gasteiger partial charge in [0.1, 0.15) is 0 Å². The summed E-state index contributed by atoms with van der Waals surface area (Å²) < 4.78 is 3.20. The second-order valence-electron chi connectivity index (χ2n) is 2.85. The average molecular weight is 394 g/mol. The Morgan fingerprint density at radius 1 is 1.25 bits per heavy atom. The molecule has 0 spiro atoms. The van der Waals surface area contributed by atoms with Crippen molar-refractivity contribution in [2.24, 2.45) is 0 Å². The van der Waals surface area contributed by atoms with Gasteiger partial charge >= 0.3 is 102 Å². The van der Waals surface area contributed by atoms with Crippen molar-refractivity contribution < 1.29 is 0 Å². The fourth-order valence-corrected chi connectivity index (χ4v) is 5.05. The van der Waals surface area contributed by atoms with Crippen LogP contribution in [-0.4, -0.2) is 20.9 Å². The van der Waals surface area contributed by atoms with Crippen LogP contribution in [0.15, 0.2) is 7.70 Å². The molecule has 0 saturated heterocycles. The Hall–Kier alpha value is 1.26. The predicted octanol–water partition coefficient (Wildman–Crippen LogP) is 4.38. The van der Waals surface area contributed by atoms with Crippen LogP contribution < -0.4 is 0 Å². The van der Waals surface area contributed by atoms with Crippen molar-refractivity contribution in [3.8, 4) is 0 Å². The zero-order chi connectivity index (χ0) is 9.23. The van der Waals surface area contributed by atoms with Gasteiger partial charge in [0, 0.05) is 0 Å². The number of allylic oxidation sites excluding steroid dienone is 1. The first-order valence-electron chi connectivity index (χ1n) is 4.79. The molecule has 0 N–H and O–H groups in total. The van der Waals surface area contributed by atoms with E-state index in [4.69, 9.17) is 0 Å². The standard InChI is InChI=1S/C10H19ITe/c1-3-5-7-8-10(11)12-9-6-4-2/h8H,3-7,9H2,1-2H3/b10-8+. The van der Waals surface area contributed by atoms with Crippen molar-refractivity contribution in [3.05, 3.63) is 7.70 Å². The second-order valence-corrected chi connectivity index (χ2v) is 9.53. The van der Waals surface area contributed by atoms with E-state index >= 15 is 0 Å². The van der Waals surface area contributed by atoms with Gasteiger partial charge in [0.15, 0.2) is 0 Å². The number of halogens is 1. The molecule has 0 saturated carbocycles. The summed E-state index contributed by atoms with van der Waals surface area (Å²) in [5.74, 6) is 0. The predicted molar refractivity (Wildman–Crippen MR) is 67.1 cm³/mol. The molecular weight excluding hydrogens is 375 g/mol. The quantitative estimate of drug-likeness (QED) is 0.342. The number of unbranched alkanes of at least 4 members (excludes halogenated alkanes) is 3. The Labute approximate surface area is 101 Å². The Bertz CT molecular complexity index is 121. The monoisotopic (exact) mass is 396 g/mol. The van der Waals surface area contributed by atoms with Gasteiger partial charge in [-0.3, -0.25) is 0 Å². The Morgan fingerprint density at radius 3 is 2.50 bits per heavy atom. The van der Waals surface area contributed by atoms with E-state index in [1.807, 2.05) is 0 Å². The fraction of sp³-hybridized carbons (Fsp3) is 0.800. The van der Waals surface area contributed by atoms with Gasteiger partial charge < -0.3 is 0 Å². The SMILES string of the molecule is CCCC/C=C(\I)[Te]CCCC. The summed E-state index contributed by atoms with van der Waals surface area (Å²) in [4.78, 5) is 0. The summed E-state index contributed by atoms with van der Waals surface area (Å²) in [5.41, 5.74) is 0. The molecular formula is C10H19ITe. The Balaban J connectivity index is 3.29. The van der Waals surface area contributed by atoms with E-state index in [1.165, 1.54) is 36.6 Å². The maximum atomic E-state index is 2.54. The molecule has 0 aromatic rings. The van der Waals surface area contributed by atoms with Crippen LogP contribution in [0.25, 0.3) is 0 Å². The maximum absolute atomic E-state index is 2.54. The van der Waals surface area contributed by atoms with Crippen LogP contribution in [0.2, 0.25) is 4.47 Å². The first kappa shape index (κ1) is 13.3. The summed E-state index contributed by atoms with van der Waals surface area (Å²) in [6, 6.07) is 0. The van der Waals surface area contributed by atoms with Crippen LogP contribution in [0.3, 0.4) is 0 Å². The fourth-order valence-electron chi connectivity index (χ4n) is 0.793. The van der Waals surface area contributed by atoms with Gasteiger partial charge in [-0.2, -0.15) is 0 Å². The molecule has 0 atom stereocenters. The second kappa shape index (κ2) is 10.3. The van der Waals surface area contributed by atoms with E-state index in [9.17, 15) is 0 Å². The zero-order valence-electron chi connectivity index (χ0n) is 8.11. The van der Waals surface area contributed by atoms with Crippen molar-refractivity contribution >= 4 is 43.5 Å². The first-order chi connectivity index (χ1) is 5.81. The third-order valence-electron chi connectivity index (χ3n) is 1.60. The van der Waals surface area contributed by atoms with Gasteiger partial charge in [-0.15, -0.1) is 0 Å². The molecule has 2 heteroatoms. The molecule has 12 heavy (non-hydrogen) atoms. The molecule has 0 aromatic carbocycles. The molecule has 0 fully saturated rings. The van der Waals surface area contributed by atoms with Crippen molar-refractivity contribution in [3.63, 3.8) is 0 Å². The van der Waals surface area contributed by atoms with Crippen LogP contribution in [0.4, 0.5) is 0 Å². The van der Waals surface area contributed by atoms with E-state index in [2.05, 4.69) is 42.5 Å². The molecule has 0 amide bonds. The van der Waals surface area contributed by atoms with Crippen LogP contribution in [0, 0.1) is 0 Å². The molecule has 0 unspecified atom stereocenters. The summed E-state index contributed by atoms with van der Waals surface area (Å²) in [6.45, 7) is 4.54. The molecule has 0 bridgehead atoms. The summed E-state index contributed by atoms with van der Waals surface area (Å²) in [6.07, 6.45) is 9.27. The molecule has 0 nitrogen and oxygen atoms in total. The van der Waals surface area contributed by atoms with E-state index in [0.29, 0.717) is 0 Å². The van der Waals surface area contributed by atoms with Crippen LogP contribution in [0.1, 0.15) is 46.0 Å². The average Bonchev–Trinajstić information content (AvgIpc) is 2.06. The first-order valence-corrected chi connectivity index (χ1v) is 8.68.